The van der Waals surface area contributed by atoms with E-state index in [1.807, 2.05) is 0 Å². The molecule has 0 amide bonds. The van der Waals surface area contributed by atoms with Crippen LogP contribution in [0.4, 0.5) is 15.8 Å². The summed E-state index contributed by atoms with van der Waals surface area (Å²) in [6.07, 6.45) is 0. The first-order valence-corrected chi connectivity index (χ1v) is 9.17. The van der Waals surface area contributed by atoms with Crippen LogP contribution < -0.4 is 10.0 Å². The molecule has 2 N–H and O–H groups in total. The molecule has 3 rings (SSSR count). The third-order valence-corrected chi connectivity index (χ3v) is 5.00. The Morgan fingerprint density at radius 3 is 2.00 bits per heavy atom. The summed E-state index contributed by atoms with van der Waals surface area (Å²) in [6.45, 7) is 0.551. The zero-order chi connectivity index (χ0) is 17.7. The quantitative estimate of drug-likeness (QED) is 0.695. The van der Waals surface area contributed by atoms with E-state index < -0.39 is 10.0 Å². The van der Waals surface area contributed by atoms with Crippen molar-refractivity contribution in [2.75, 3.05) is 10.0 Å². The fourth-order valence-corrected chi connectivity index (χ4v) is 3.36. The largest absolute Gasteiger partial charge is 0.381 e. The zero-order valence-corrected chi connectivity index (χ0v) is 14.1. The Morgan fingerprint density at radius 2 is 1.36 bits per heavy atom. The maximum Gasteiger partial charge on any atom is 0.261 e. The summed E-state index contributed by atoms with van der Waals surface area (Å²) in [5.41, 5.74) is 2.28. The summed E-state index contributed by atoms with van der Waals surface area (Å²) < 4.78 is 40.0. The van der Waals surface area contributed by atoms with E-state index in [4.69, 9.17) is 0 Å². The second-order valence-corrected chi connectivity index (χ2v) is 7.16. The lowest BCUT2D eigenvalue weighted by atomic mass is 10.2. The Balaban J connectivity index is 1.63. The van der Waals surface area contributed by atoms with Gasteiger partial charge in [-0.3, -0.25) is 4.72 Å². The van der Waals surface area contributed by atoms with Gasteiger partial charge in [0.25, 0.3) is 10.0 Å². The van der Waals surface area contributed by atoms with Crippen molar-refractivity contribution in [2.45, 2.75) is 11.4 Å². The van der Waals surface area contributed by atoms with Crippen molar-refractivity contribution < 1.29 is 12.8 Å². The lowest BCUT2D eigenvalue weighted by Gasteiger charge is -2.10. The molecule has 3 aromatic rings. The van der Waals surface area contributed by atoms with Crippen molar-refractivity contribution in [1.29, 1.82) is 0 Å². The second kappa shape index (κ2) is 7.36. The van der Waals surface area contributed by atoms with Gasteiger partial charge in [0.15, 0.2) is 0 Å². The van der Waals surface area contributed by atoms with Gasteiger partial charge in [0.05, 0.1) is 4.90 Å². The molecule has 0 saturated carbocycles. The number of rotatable bonds is 6. The first kappa shape index (κ1) is 17.0. The molecule has 0 saturated heterocycles. The summed E-state index contributed by atoms with van der Waals surface area (Å²) >= 11 is 0. The van der Waals surface area contributed by atoms with Gasteiger partial charge in [0.2, 0.25) is 0 Å². The van der Waals surface area contributed by atoms with E-state index in [-0.39, 0.29) is 10.7 Å². The van der Waals surface area contributed by atoms with Crippen LogP contribution in [0.15, 0.2) is 83.8 Å². The predicted molar refractivity (Wildman–Crippen MR) is 97.4 cm³/mol. The maximum atomic E-state index is 12.9. The molecule has 25 heavy (non-hydrogen) atoms. The minimum absolute atomic E-state index is 0.216. The molecule has 0 unspecified atom stereocenters. The van der Waals surface area contributed by atoms with E-state index in [1.54, 1.807) is 66.7 Å². The minimum atomic E-state index is -3.59. The third-order valence-electron chi connectivity index (χ3n) is 3.60. The number of anilines is 2. The van der Waals surface area contributed by atoms with Gasteiger partial charge in [-0.25, -0.2) is 12.8 Å². The van der Waals surface area contributed by atoms with Crippen LogP contribution in [0.3, 0.4) is 0 Å². The highest BCUT2D eigenvalue weighted by molar-refractivity contribution is 7.92. The van der Waals surface area contributed by atoms with Crippen LogP contribution >= 0.6 is 0 Å². The van der Waals surface area contributed by atoms with E-state index in [2.05, 4.69) is 10.0 Å². The monoisotopic (exact) mass is 356 g/mol. The van der Waals surface area contributed by atoms with Gasteiger partial charge in [-0.05, 0) is 54.1 Å². The zero-order valence-electron chi connectivity index (χ0n) is 13.3. The number of halogens is 1. The van der Waals surface area contributed by atoms with E-state index in [1.165, 1.54) is 12.1 Å². The average molecular weight is 356 g/mol. The number of sulfonamides is 1. The SMILES string of the molecule is O=S(=O)(Nc1ccc(NCc2ccc(F)cc2)cc1)c1ccccc1. The van der Waals surface area contributed by atoms with Crippen molar-refractivity contribution in [2.24, 2.45) is 0 Å². The Hall–Kier alpha value is -2.86. The molecule has 0 aliphatic carbocycles. The van der Waals surface area contributed by atoms with Crippen LogP contribution in [-0.4, -0.2) is 8.42 Å². The first-order valence-electron chi connectivity index (χ1n) is 7.69. The van der Waals surface area contributed by atoms with Crippen LogP contribution in [0, 0.1) is 5.82 Å². The third kappa shape index (κ3) is 4.58. The molecule has 0 atom stereocenters. The standard InChI is InChI=1S/C19H17FN2O2S/c20-16-8-6-15(7-9-16)14-21-17-10-12-18(13-11-17)22-25(23,24)19-4-2-1-3-5-19/h1-13,21-22H,14H2. The molecule has 6 heteroatoms. The highest BCUT2D eigenvalue weighted by Crippen LogP contribution is 2.18. The Morgan fingerprint density at radius 1 is 0.760 bits per heavy atom. The molecule has 0 spiro atoms. The summed E-state index contributed by atoms with van der Waals surface area (Å²) in [4.78, 5) is 0.216. The number of nitrogens with one attached hydrogen (secondary N) is 2. The van der Waals surface area contributed by atoms with E-state index in [9.17, 15) is 12.8 Å². The summed E-state index contributed by atoms with van der Waals surface area (Å²) in [5, 5.41) is 3.20. The predicted octanol–water partition coefficient (Wildman–Crippen LogP) is 4.24. The van der Waals surface area contributed by atoms with Crippen LogP contribution in [0.25, 0.3) is 0 Å². The molecule has 128 valence electrons. The summed E-state index contributed by atoms with van der Waals surface area (Å²) in [7, 11) is -3.59. The lowest BCUT2D eigenvalue weighted by Crippen LogP contribution is -2.12. The number of benzene rings is 3. The average Bonchev–Trinajstić information content (AvgIpc) is 2.63. The van der Waals surface area contributed by atoms with E-state index in [0.29, 0.717) is 12.2 Å². The van der Waals surface area contributed by atoms with E-state index in [0.717, 1.165) is 11.3 Å². The van der Waals surface area contributed by atoms with Crippen LogP contribution in [0.5, 0.6) is 0 Å². The molecule has 4 nitrogen and oxygen atoms in total. The molecule has 0 fully saturated rings. The number of hydrogen-bond acceptors (Lipinski definition) is 3. The fourth-order valence-electron chi connectivity index (χ4n) is 2.28. The van der Waals surface area contributed by atoms with Crippen LogP contribution in [0.1, 0.15) is 5.56 Å². The molecular weight excluding hydrogens is 339 g/mol. The Kier molecular flexibility index (Phi) is 5.00. The molecule has 0 radical (unpaired) electrons. The highest BCUT2D eigenvalue weighted by atomic mass is 32.2. The van der Waals surface area contributed by atoms with Crippen LogP contribution in [-0.2, 0) is 16.6 Å². The maximum absolute atomic E-state index is 12.9. The van der Waals surface area contributed by atoms with Gasteiger partial charge < -0.3 is 5.32 Å². The molecule has 0 aliphatic heterocycles. The highest BCUT2D eigenvalue weighted by Gasteiger charge is 2.13. The van der Waals surface area contributed by atoms with Gasteiger partial charge in [-0.15, -0.1) is 0 Å². The Bertz CT molecular complexity index is 925. The summed E-state index contributed by atoms with van der Waals surface area (Å²) in [6, 6.07) is 21.4. The normalized spacial score (nSPS) is 11.1. The number of hydrogen-bond donors (Lipinski definition) is 2. The lowest BCUT2D eigenvalue weighted by molar-refractivity contribution is 0.601. The van der Waals surface area contributed by atoms with Gasteiger partial charge in [-0.2, -0.15) is 0 Å². The molecule has 0 aliphatic rings. The smallest absolute Gasteiger partial charge is 0.261 e. The second-order valence-electron chi connectivity index (χ2n) is 5.48. The fraction of sp³-hybridized carbons (Fsp3) is 0.0526. The van der Waals surface area contributed by atoms with Gasteiger partial charge in [-0.1, -0.05) is 30.3 Å². The molecule has 0 bridgehead atoms. The molecular formula is C19H17FN2O2S. The topological polar surface area (TPSA) is 58.2 Å². The Labute approximate surface area is 146 Å². The molecule has 0 heterocycles. The van der Waals surface area contributed by atoms with Crippen LogP contribution in [0.2, 0.25) is 0 Å². The first-order chi connectivity index (χ1) is 12.0. The van der Waals surface area contributed by atoms with Crippen molar-refractivity contribution in [3.05, 3.63) is 90.2 Å². The molecule has 3 aromatic carbocycles. The van der Waals surface area contributed by atoms with Gasteiger partial charge in [0.1, 0.15) is 5.82 Å². The van der Waals surface area contributed by atoms with Crippen molar-refractivity contribution in [3.63, 3.8) is 0 Å². The minimum Gasteiger partial charge on any atom is -0.381 e. The van der Waals surface area contributed by atoms with Crippen molar-refractivity contribution >= 4 is 21.4 Å². The van der Waals surface area contributed by atoms with Gasteiger partial charge in [0, 0.05) is 17.9 Å². The van der Waals surface area contributed by atoms with E-state index >= 15 is 0 Å². The van der Waals surface area contributed by atoms with Crippen molar-refractivity contribution in [1.82, 2.24) is 0 Å². The molecule has 0 aromatic heterocycles. The van der Waals surface area contributed by atoms with Gasteiger partial charge >= 0.3 is 0 Å². The van der Waals surface area contributed by atoms with Crippen molar-refractivity contribution in [3.8, 4) is 0 Å². The summed E-state index contributed by atoms with van der Waals surface area (Å²) in [5.74, 6) is -0.265.